The molecule has 1 aromatic carbocycles. The van der Waals surface area contributed by atoms with Crippen molar-refractivity contribution in [2.45, 2.75) is 64.3 Å². The molecule has 1 heterocycles. The number of urea groups is 1. The molecule has 2 aliphatic rings. The molecule has 1 aliphatic carbocycles. The van der Waals surface area contributed by atoms with Crippen LogP contribution in [-0.2, 0) is 10.3 Å². The number of amides is 3. The average molecular weight is 420 g/mol. The van der Waals surface area contributed by atoms with Gasteiger partial charge in [-0.25, -0.2) is 9.18 Å². The summed E-state index contributed by atoms with van der Waals surface area (Å²) in [6.07, 6.45) is 7.44. The van der Waals surface area contributed by atoms with Crippen molar-refractivity contribution in [2.24, 2.45) is 5.92 Å². The van der Waals surface area contributed by atoms with E-state index in [1.165, 1.54) is 6.07 Å². The molecule has 1 aliphatic heterocycles. The van der Waals surface area contributed by atoms with Gasteiger partial charge in [0.15, 0.2) is 11.6 Å². The summed E-state index contributed by atoms with van der Waals surface area (Å²) >= 11 is 0. The van der Waals surface area contributed by atoms with Gasteiger partial charge in [-0.05, 0) is 55.8 Å². The Hall–Kier alpha value is -2.15. The standard InChI is InChI=1S/C23H34FN3O3/c1-17(2)16-30-20-14-18(8-9-19(20)24)23(10-11-23)25-12-6-4-3-5-7-13-27-15-21(28)26-22(27)29/h8-9,14,17,25H,3-7,10-13,15-16H2,1-2H3,(H,26,28,29). The third kappa shape index (κ3) is 6.17. The fourth-order valence-electron chi connectivity index (χ4n) is 3.81. The number of nitrogens with one attached hydrogen (secondary N) is 2. The summed E-state index contributed by atoms with van der Waals surface area (Å²) in [5.41, 5.74) is 1.08. The maximum atomic E-state index is 14.0. The Labute approximate surface area is 178 Å². The van der Waals surface area contributed by atoms with E-state index in [2.05, 4.69) is 24.5 Å². The van der Waals surface area contributed by atoms with Crippen molar-refractivity contribution in [3.63, 3.8) is 0 Å². The zero-order chi connectivity index (χ0) is 21.6. The fourth-order valence-corrected chi connectivity index (χ4v) is 3.81. The summed E-state index contributed by atoms with van der Waals surface area (Å²) in [4.78, 5) is 24.2. The van der Waals surface area contributed by atoms with E-state index in [-0.39, 0.29) is 29.8 Å². The largest absolute Gasteiger partial charge is 0.490 e. The molecular weight excluding hydrogens is 385 g/mol. The second-order valence-corrected chi connectivity index (χ2v) is 8.90. The third-order valence-corrected chi connectivity index (χ3v) is 5.74. The van der Waals surface area contributed by atoms with Crippen molar-refractivity contribution in [1.29, 1.82) is 0 Å². The van der Waals surface area contributed by atoms with Crippen LogP contribution in [0.25, 0.3) is 0 Å². The lowest BCUT2D eigenvalue weighted by Gasteiger charge is -2.19. The molecule has 0 spiro atoms. The Balaban J connectivity index is 1.33. The molecule has 30 heavy (non-hydrogen) atoms. The first-order chi connectivity index (χ1) is 14.4. The van der Waals surface area contributed by atoms with Crippen LogP contribution in [0.3, 0.4) is 0 Å². The lowest BCUT2D eigenvalue weighted by Crippen LogP contribution is -2.30. The van der Waals surface area contributed by atoms with Crippen molar-refractivity contribution < 1.29 is 18.7 Å². The molecule has 1 saturated heterocycles. The number of benzene rings is 1. The van der Waals surface area contributed by atoms with E-state index in [1.54, 1.807) is 4.90 Å². The average Bonchev–Trinajstić information content (AvgIpc) is 3.42. The molecule has 3 amide bonds. The first kappa shape index (κ1) is 22.5. The highest BCUT2D eigenvalue weighted by atomic mass is 19.1. The molecule has 2 N–H and O–H groups in total. The zero-order valence-corrected chi connectivity index (χ0v) is 18.1. The fraction of sp³-hybridized carbons (Fsp3) is 0.652. The first-order valence-electron chi connectivity index (χ1n) is 11.2. The van der Waals surface area contributed by atoms with Crippen molar-refractivity contribution in [3.8, 4) is 5.75 Å². The molecule has 1 aromatic rings. The summed E-state index contributed by atoms with van der Waals surface area (Å²) in [5.74, 6) is 0.199. The van der Waals surface area contributed by atoms with Crippen molar-refractivity contribution in [1.82, 2.24) is 15.5 Å². The van der Waals surface area contributed by atoms with Gasteiger partial charge in [0.1, 0.15) is 6.54 Å². The van der Waals surface area contributed by atoms with Crippen molar-refractivity contribution in [2.75, 3.05) is 26.2 Å². The third-order valence-electron chi connectivity index (χ3n) is 5.74. The van der Waals surface area contributed by atoms with Gasteiger partial charge >= 0.3 is 6.03 Å². The number of carbonyl (C=O) groups is 2. The van der Waals surface area contributed by atoms with Crippen LogP contribution in [0.2, 0.25) is 0 Å². The zero-order valence-electron chi connectivity index (χ0n) is 18.1. The Morgan fingerprint density at radius 3 is 2.57 bits per heavy atom. The number of hydrogen-bond donors (Lipinski definition) is 2. The SMILES string of the molecule is CC(C)COc1cc(C2(NCCCCCCCN3CC(=O)NC3=O)CC2)ccc1F. The molecule has 7 heteroatoms. The Morgan fingerprint density at radius 1 is 1.17 bits per heavy atom. The normalized spacial score (nSPS) is 17.5. The van der Waals surface area contributed by atoms with E-state index in [4.69, 9.17) is 4.74 Å². The molecular formula is C23H34FN3O3. The van der Waals surface area contributed by atoms with Crippen molar-refractivity contribution in [3.05, 3.63) is 29.6 Å². The highest BCUT2D eigenvalue weighted by Gasteiger charge is 2.44. The number of nitrogens with zero attached hydrogens (tertiary/aromatic N) is 1. The smallest absolute Gasteiger partial charge is 0.324 e. The van der Waals surface area contributed by atoms with E-state index < -0.39 is 0 Å². The summed E-state index contributed by atoms with van der Waals surface area (Å²) < 4.78 is 19.7. The van der Waals surface area contributed by atoms with Crippen LogP contribution in [0.15, 0.2) is 18.2 Å². The second-order valence-electron chi connectivity index (χ2n) is 8.90. The summed E-state index contributed by atoms with van der Waals surface area (Å²) in [6, 6.07) is 4.98. The molecule has 166 valence electrons. The van der Waals surface area contributed by atoms with Gasteiger partial charge in [0.05, 0.1) is 6.61 Å². The minimum atomic E-state index is -0.300. The van der Waals surface area contributed by atoms with Gasteiger partial charge < -0.3 is 15.0 Å². The molecule has 0 atom stereocenters. The van der Waals surface area contributed by atoms with Gasteiger partial charge in [-0.2, -0.15) is 0 Å². The van der Waals surface area contributed by atoms with Crippen LogP contribution in [0.5, 0.6) is 5.75 Å². The van der Waals surface area contributed by atoms with E-state index in [0.717, 1.165) is 57.1 Å². The number of imide groups is 1. The highest BCUT2D eigenvalue weighted by Crippen LogP contribution is 2.46. The van der Waals surface area contributed by atoms with E-state index in [9.17, 15) is 14.0 Å². The van der Waals surface area contributed by atoms with Crippen molar-refractivity contribution >= 4 is 11.9 Å². The summed E-state index contributed by atoms with van der Waals surface area (Å²) in [5, 5.41) is 5.97. The lowest BCUT2D eigenvalue weighted by molar-refractivity contribution is -0.118. The van der Waals surface area contributed by atoms with Gasteiger partial charge in [-0.3, -0.25) is 10.1 Å². The summed E-state index contributed by atoms with van der Waals surface area (Å²) in [6.45, 7) is 6.39. The minimum Gasteiger partial charge on any atom is -0.490 e. The second kappa shape index (κ2) is 10.2. The van der Waals surface area contributed by atoms with E-state index in [0.29, 0.717) is 24.8 Å². The lowest BCUT2D eigenvalue weighted by atomic mass is 10.0. The highest BCUT2D eigenvalue weighted by molar-refractivity contribution is 6.01. The van der Waals surface area contributed by atoms with Crippen LogP contribution >= 0.6 is 0 Å². The number of unbranched alkanes of at least 4 members (excludes halogenated alkanes) is 4. The maximum Gasteiger partial charge on any atom is 0.324 e. The number of hydrogen-bond acceptors (Lipinski definition) is 4. The molecule has 1 saturated carbocycles. The summed E-state index contributed by atoms with van der Waals surface area (Å²) in [7, 11) is 0. The molecule has 2 fully saturated rings. The van der Waals surface area contributed by atoms with Crippen LogP contribution in [0.1, 0.15) is 64.4 Å². The topological polar surface area (TPSA) is 70.7 Å². The van der Waals surface area contributed by atoms with Gasteiger partial charge in [0.25, 0.3) is 0 Å². The predicted molar refractivity (Wildman–Crippen MR) is 114 cm³/mol. The van der Waals surface area contributed by atoms with Crippen LogP contribution < -0.4 is 15.4 Å². The molecule has 0 aromatic heterocycles. The number of carbonyl (C=O) groups excluding carboxylic acids is 2. The van der Waals surface area contributed by atoms with Crippen LogP contribution in [-0.4, -0.2) is 43.1 Å². The van der Waals surface area contributed by atoms with Crippen LogP contribution in [0, 0.1) is 11.7 Å². The Kier molecular flexibility index (Phi) is 7.69. The van der Waals surface area contributed by atoms with E-state index >= 15 is 0 Å². The quantitative estimate of drug-likeness (QED) is 0.375. The Bertz CT molecular complexity index is 749. The minimum absolute atomic E-state index is 0.0285. The predicted octanol–water partition coefficient (Wildman–Crippen LogP) is 3.94. The number of ether oxygens (including phenoxy) is 1. The Morgan fingerprint density at radius 2 is 1.90 bits per heavy atom. The van der Waals surface area contributed by atoms with Crippen LogP contribution in [0.4, 0.5) is 9.18 Å². The monoisotopic (exact) mass is 419 g/mol. The van der Waals surface area contributed by atoms with E-state index in [1.807, 2.05) is 12.1 Å². The van der Waals surface area contributed by atoms with Gasteiger partial charge in [0, 0.05) is 12.1 Å². The maximum absolute atomic E-state index is 14.0. The molecule has 0 radical (unpaired) electrons. The first-order valence-corrected chi connectivity index (χ1v) is 11.2. The molecule has 0 unspecified atom stereocenters. The molecule has 0 bridgehead atoms. The van der Waals surface area contributed by atoms with Gasteiger partial charge in [-0.15, -0.1) is 0 Å². The molecule has 3 rings (SSSR count). The van der Waals surface area contributed by atoms with Gasteiger partial charge in [0.2, 0.25) is 5.91 Å². The number of halogens is 1. The molecule has 6 nitrogen and oxygen atoms in total. The van der Waals surface area contributed by atoms with Gasteiger partial charge in [-0.1, -0.05) is 39.2 Å². The number of rotatable bonds is 13.